The second-order valence-corrected chi connectivity index (χ2v) is 4.88. The van der Waals surface area contributed by atoms with Crippen molar-refractivity contribution in [2.75, 3.05) is 0 Å². The molecule has 9 heteroatoms. The maximum atomic E-state index is 13.8. The van der Waals surface area contributed by atoms with Gasteiger partial charge in [0.1, 0.15) is 11.0 Å². The highest BCUT2D eigenvalue weighted by Crippen LogP contribution is 2.37. The van der Waals surface area contributed by atoms with Crippen molar-refractivity contribution in [3.63, 3.8) is 0 Å². The van der Waals surface area contributed by atoms with Crippen molar-refractivity contribution < 1.29 is 26.6 Å². The molecule has 0 aliphatic rings. The van der Waals surface area contributed by atoms with E-state index in [0.717, 1.165) is 6.07 Å². The lowest BCUT2D eigenvalue weighted by atomic mass is 10.0. The second kappa shape index (κ2) is 4.76. The summed E-state index contributed by atoms with van der Waals surface area (Å²) in [5.74, 6) is -10.1. The van der Waals surface area contributed by atoms with Crippen LogP contribution in [-0.4, -0.2) is 10.3 Å². The van der Waals surface area contributed by atoms with E-state index in [1.807, 2.05) is 0 Å². The number of hydrogen-bond acceptors (Lipinski definition) is 3. The highest BCUT2D eigenvalue weighted by atomic mass is 79.9. The maximum Gasteiger partial charge on any atom is 0.200 e. The van der Waals surface area contributed by atoms with Gasteiger partial charge in [0.15, 0.2) is 23.3 Å². The molecule has 108 valence electrons. The molecule has 0 atom stereocenters. The zero-order valence-corrected chi connectivity index (χ0v) is 11.3. The Bertz CT molecular complexity index is 851. The van der Waals surface area contributed by atoms with Gasteiger partial charge in [-0.2, -0.15) is 0 Å². The Morgan fingerprint density at radius 1 is 0.762 bits per heavy atom. The topological polar surface area (TPSA) is 38.9 Å². The van der Waals surface area contributed by atoms with Crippen LogP contribution in [0.15, 0.2) is 21.2 Å². The maximum absolute atomic E-state index is 13.8. The molecule has 0 saturated heterocycles. The minimum absolute atomic E-state index is 0.0777. The van der Waals surface area contributed by atoms with E-state index in [2.05, 4.69) is 30.9 Å². The molecule has 0 fully saturated rings. The lowest BCUT2D eigenvalue weighted by Crippen LogP contribution is -2.04. The zero-order chi connectivity index (χ0) is 15.3. The van der Waals surface area contributed by atoms with Crippen molar-refractivity contribution in [1.29, 1.82) is 0 Å². The van der Waals surface area contributed by atoms with Crippen molar-refractivity contribution >= 4 is 27.0 Å². The van der Waals surface area contributed by atoms with Gasteiger partial charge in [0.2, 0.25) is 5.82 Å². The Morgan fingerprint density at radius 2 is 1.24 bits per heavy atom. The number of fused-ring (bicyclic) bond motifs is 1. The van der Waals surface area contributed by atoms with Crippen LogP contribution in [0.3, 0.4) is 0 Å². The van der Waals surface area contributed by atoms with E-state index < -0.39 is 34.6 Å². The number of rotatable bonds is 1. The van der Waals surface area contributed by atoms with Crippen LogP contribution in [0.2, 0.25) is 0 Å². The zero-order valence-electron chi connectivity index (χ0n) is 9.73. The van der Waals surface area contributed by atoms with Crippen molar-refractivity contribution in [1.82, 2.24) is 10.3 Å². The third-order valence-electron chi connectivity index (χ3n) is 2.82. The van der Waals surface area contributed by atoms with Crippen molar-refractivity contribution in [3.8, 4) is 11.1 Å². The van der Waals surface area contributed by atoms with Crippen molar-refractivity contribution in [3.05, 3.63) is 45.7 Å². The average Bonchev–Trinajstić information content (AvgIpc) is 2.90. The van der Waals surface area contributed by atoms with Gasteiger partial charge in [-0.1, -0.05) is 15.9 Å². The highest BCUT2D eigenvalue weighted by molar-refractivity contribution is 9.10. The third kappa shape index (κ3) is 1.99. The highest BCUT2D eigenvalue weighted by Gasteiger charge is 2.28. The number of halogens is 6. The monoisotopic (exact) mass is 364 g/mol. The van der Waals surface area contributed by atoms with E-state index >= 15 is 0 Å². The minimum atomic E-state index is -2.21. The van der Waals surface area contributed by atoms with Crippen LogP contribution in [0.4, 0.5) is 22.0 Å². The van der Waals surface area contributed by atoms with Gasteiger partial charge in [-0.25, -0.2) is 26.6 Å². The molecule has 3 aromatic rings. The molecule has 0 saturated carbocycles. The third-order valence-corrected chi connectivity index (χ3v) is 3.48. The smallest absolute Gasteiger partial charge is 0.200 e. The molecule has 0 unspecified atom stereocenters. The first-order valence-electron chi connectivity index (χ1n) is 5.35. The van der Waals surface area contributed by atoms with E-state index in [9.17, 15) is 22.0 Å². The Morgan fingerprint density at radius 3 is 1.81 bits per heavy atom. The Balaban J connectivity index is 2.40. The number of hydrogen-bond donors (Lipinski definition) is 0. The Kier molecular flexibility index (Phi) is 3.16. The summed E-state index contributed by atoms with van der Waals surface area (Å²) in [5, 5.41) is 6.95. The molecular formula is C12H2BrF5N2O. The van der Waals surface area contributed by atoms with E-state index in [1.165, 1.54) is 6.07 Å². The lowest BCUT2D eigenvalue weighted by molar-refractivity contribution is 0.315. The summed E-state index contributed by atoms with van der Waals surface area (Å²) in [6.45, 7) is 0. The predicted molar refractivity (Wildman–Crippen MR) is 64.7 cm³/mol. The van der Waals surface area contributed by atoms with E-state index in [0.29, 0.717) is 0 Å². The molecule has 0 radical (unpaired) electrons. The van der Waals surface area contributed by atoms with E-state index in [4.69, 9.17) is 0 Å². The molecule has 0 amide bonds. The number of aromatic nitrogens is 2. The molecule has 3 nitrogen and oxygen atoms in total. The van der Waals surface area contributed by atoms with Crippen molar-refractivity contribution in [2.45, 2.75) is 0 Å². The van der Waals surface area contributed by atoms with Gasteiger partial charge in [0.05, 0.1) is 5.56 Å². The fraction of sp³-hybridized carbons (Fsp3) is 0. The van der Waals surface area contributed by atoms with Gasteiger partial charge in [-0.15, -0.1) is 0 Å². The van der Waals surface area contributed by atoms with Crippen LogP contribution in [0.5, 0.6) is 0 Å². The molecule has 0 N–H and O–H groups in total. The Hall–Kier alpha value is -2.03. The second-order valence-electron chi connectivity index (χ2n) is 4.03. The van der Waals surface area contributed by atoms with Crippen molar-refractivity contribution in [2.24, 2.45) is 0 Å². The first kappa shape index (κ1) is 13.9. The molecule has 2 aromatic carbocycles. The van der Waals surface area contributed by atoms with E-state index in [-0.39, 0.29) is 21.1 Å². The van der Waals surface area contributed by atoms with Gasteiger partial charge in [-0.3, -0.25) is 0 Å². The van der Waals surface area contributed by atoms with Gasteiger partial charge < -0.3 is 0 Å². The summed E-state index contributed by atoms with van der Waals surface area (Å²) >= 11 is 2.99. The number of nitrogens with zero attached hydrogens (tertiary/aromatic N) is 2. The summed E-state index contributed by atoms with van der Waals surface area (Å²) in [5.41, 5.74) is -0.944. The minimum Gasteiger partial charge on any atom is -0.243 e. The summed E-state index contributed by atoms with van der Waals surface area (Å²) in [7, 11) is 0. The standard InChI is InChI=1S/C12H2BrF5N2O/c13-4-2-6-5(19-21-20-6)1-3(4)7-8(14)10(16)12(18)11(17)9(7)15/h1-2H. The van der Waals surface area contributed by atoms with Crippen LogP contribution in [0, 0.1) is 29.1 Å². The molecule has 3 rings (SSSR count). The molecule has 1 heterocycles. The molecular weight excluding hydrogens is 363 g/mol. The summed E-state index contributed by atoms with van der Waals surface area (Å²) < 4.78 is 71.6. The van der Waals surface area contributed by atoms with Crippen LogP contribution < -0.4 is 0 Å². The summed E-state index contributed by atoms with van der Waals surface area (Å²) in [6.07, 6.45) is 0. The molecule has 0 aliphatic carbocycles. The summed E-state index contributed by atoms with van der Waals surface area (Å²) in [4.78, 5) is 0. The van der Waals surface area contributed by atoms with E-state index in [1.54, 1.807) is 0 Å². The van der Waals surface area contributed by atoms with Gasteiger partial charge in [0, 0.05) is 10.0 Å². The predicted octanol–water partition coefficient (Wildman–Crippen LogP) is 4.35. The largest absolute Gasteiger partial charge is 0.243 e. The molecule has 1 aromatic heterocycles. The van der Waals surface area contributed by atoms with Crippen LogP contribution in [0.25, 0.3) is 22.2 Å². The quantitative estimate of drug-likeness (QED) is 0.366. The molecule has 0 spiro atoms. The number of benzene rings is 2. The molecule has 21 heavy (non-hydrogen) atoms. The average molecular weight is 365 g/mol. The molecule has 0 bridgehead atoms. The molecule has 0 aliphatic heterocycles. The van der Waals surface area contributed by atoms with Crippen LogP contribution in [-0.2, 0) is 0 Å². The first-order valence-corrected chi connectivity index (χ1v) is 6.14. The Labute approximate surface area is 121 Å². The normalized spacial score (nSPS) is 11.3. The lowest BCUT2D eigenvalue weighted by Gasteiger charge is -2.09. The fourth-order valence-corrected chi connectivity index (χ4v) is 2.37. The SMILES string of the molecule is Fc1c(F)c(F)c(-c2cc3nonc3cc2Br)c(F)c1F. The first-order chi connectivity index (χ1) is 9.91. The van der Waals surface area contributed by atoms with Crippen LogP contribution >= 0.6 is 15.9 Å². The van der Waals surface area contributed by atoms with Gasteiger partial charge in [-0.05, 0) is 22.4 Å². The van der Waals surface area contributed by atoms with Gasteiger partial charge >= 0.3 is 0 Å². The summed E-state index contributed by atoms with van der Waals surface area (Å²) in [6, 6.07) is 2.40. The fourth-order valence-electron chi connectivity index (χ4n) is 1.84. The van der Waals surface area contributed by atoms with Crippen LogP contribution in [0.1, 0.15) is 0 Å². The van der Waals surface area contributed by atoms with Gasteiger partial charge in [0.25, 0.3) is 0 Å².